The Kier molecular flexibility index (Phi) is 6.34. The molecule has 0 radical (unpaired) electrons. The first-order chi connectivity index (χ1) is 13.9. The Hall–Kier alpha value is -1.87. The van der Waals surface area contributed by atoms with Crippen LogP contribution in [-0.2, 0) is 14.0 Å². The van der Waals surface area contributed by atoms with Crippen molar-refractivity contribution in [3.8, 4) is 0 Å². The second kappa shape index (κ2) is 8.34. The largest absolute Gasteiger partial charge is 0.498 e. The van der Waals surface area contributed by atoms with E-state index in [1.54, 1.807) is 12.4 Å². The van der Waals surface area contributed by atoms with Crippen LogP contribution < -0.4 is 16.1 Å². The van der Waals surface area contributed by atoms with Gasteiger partial charge in [0, 0.05) is 23.9 Å². The van der Waals surface area contributed by atoms with Crippen LogP contribution in [0.5, 0.6) is 0 Å². The van der Waals surface area contributed by atoms with Crippen LogP contribution in [-0.4, -0.2) is 52.1 Å². The Balaban J connectivity index is 1.62. The number of amides is 1. The summed E-state index contributed by atoms with van der Waals surface area (Å²) in [4.78, 5) is 21.1. The maximum Gasteiger partial charge on any atom is 0.498 e. The topological polar surface area (TPSA) is 94.6 Å². The van der Waals surface area contributed by atoms with E-state index in [0.717, 1.165) is 31.1 Å². The van der Waals surface area contributed by atoms with E-state index in [1.807, 2.05) is 48.5 Å². The van der Waals surface area contributed by atoms with Crippen molar-refractivity contribution < 1.29 is 18.8 Å². The molecule has 30 heavy (non-hydrogen) atoms. The van der Waals surface area contributed by atoms with Crippen molar-refractivity contribution in [1.29, 1.82) is 0 Å². The summed E-state index contributed by atoms with van der Waals surface area (Å²) in [5.74, 6) is 0.526. The molecule has 1 aliphatic carbocycles. The molecule has 0 bridgehead atoms. The lowest BCUT2D eigenvalue weighted by atomic mass is 9.81. The average molecular weight is 418 g/mol. The Labute approximate surface area is 180 Å². The molecule has 2 atom stereocenters. The molecule has 1 saturated carbocycles. The quantitative estimate of drug-likeness (QED) is 0.726. The summed E-state index contributed by atoms with van der Waals surface area (Å²) in [6, 6.07) is 0.0222. The molecule has 8 nitrogen and oxygen atoms in total. The highest BCUT2D eigenvalue weighted by Gasteiger charge is 2.52. The second-order valence-electron chi connectivity index (χ2n) is 10.2. The Morgan fingerprint density at radius 1 is 1.07 bits per heavy atom. The van der Waals surface area contributed by atoms with Crippen LogP contribution in [0.1, 0.15) is 74.1 Å². The molecular formula is C21H35BN4O4. The summed E-state index contributed by atoms with van der Waals surface area (Å²) < 4.78 is 17.5. The number of carbonyl (C=O) groups excluding carboxylic acids is 1. The van der Waals surface area contributed by atoms with Gasteiger partial charge in [0.25, 0.3) is 0 Å². The van der Waals surface area contributed by atoms with Gasteiger partial charge in [0.1, 0.15) is 5.60 Å². The lowest BCUT2D eigenvalue weighted by molar-refractivity contribution is 0.00578. The zero-order valence-electron chi connectivity index (χ0n) is 19.2. The number of hydrogen-bond acceptors (Lipinski definition) is 7. The molecule has 0 unspecified atom stereocenters. The molecule has 1 saturated heterocycles. The van der Waals surface area contributed by atoms with Crippen LogP contribution in [0.3, 0.4) is 0 Å². The smallest absolute Gasteiger partial charge is 0.444 e. The predicted octanol–water partition coefficient (Wildman–Crippen LogP) is 3.02. The zero-order chi connectivity index (χ0) is 22.2. The third-order valence-electron chi connectivity index (χ3n) is 5.98. The highest BCUT2D eigenvalue weighted by molar-refractivity contribution is 6.61. The molecule has 2 fully saturated rings. The second-order valence-corrected chi connectivity index (χ2v) is 10.2. The van der Waals surface area contributed by atoms with Gasteiger partial charge in [-0.05, 0) is 61.3 Å². The van der Waals surface area contributed by atoms with Crippen LogP contribution in [0.25, 0.3) is 0 Å². The Morgan fingerprint density at radius 3 is 2.13 bits per heavy atom. The maximum absolute atomic E-state index is 12.2. The van der Waals surface area contributed by atoms with Gasteiger partial charge in [0.2, 0.25) is 5.95 Å². The van der Waals surface area contributed by atoms with Crippen molar-refractivity contribution in [1.82, 2.24) is 15.3 Å². The van der Waals surface area contributed by atoms with Crippen molar-refractivity contribution >= 4 is 24.6 Å². The number of nitrogens with one attached hydrogen (secondary N) is 2. The predicted molar refractivity (Wildman–Crippen MR) is 117 cm³/mol. The summed E-state index contributed by atoms with van der Waals surface area (Å²) in [7, 11) is -0.486. The van der Waals surface area contributed by atoms with Gasteiger partial charge in [-0.2, -0.15) is 0 Å². The summed E-state index contributed by atoms with van der Waals surface area (Å²) in [5, 5.41) is 6.38. The van der Waals surface area contributed by atoms with E-state index in [0.29, 0.717) is 5.95 Å². The summed E-state index contributed by atoms with van der Waals surface area (Å²) >= 11 is 0. The van der Waals surface area contributed by atoms with E-state index < -0.39 is 30.0 Å². The molecule has 1 aromatic heterocycles. The number of rotatable bonds is 4. The molecule has 2 aliphatic rings. The fraction of sp³-hybridized carbons (Fsp3) is 0.762. The molecule has 0 aromatic carbocycles. The van der Waals surface area contributed by atoms with Gasteiger partial charge in [-0.1, -0.05) is 12.8 Å². The minimum atomic E-state index is -0.520. The lowest BCUT2D eigenvalue weighted by Crippen LogP contribution is -2.50. The number of hydrogen-bond donors (Lipinski definition) is 2. The van der Waals surface area contributed by atoms with Crippen molar-refractivity contribution in [2.24, 2.45) is 0 Å². The van der Waals surface area contributed by atoms with Gasteiger partial charge >= 0.3 is 13.2 Å². The van der Waals surface area contributed by atoms with Crippen molar-refractivity contribution in [3.05, 3.63) is 12.4 Å². The fourth-order valence-electron chi connectivity index (χ4n) is 3.61. The van der Waals surface area contributed by atoms with Crippen molar-refractivity contribution in [3.63, 3.8) is 0 Å². The average Bonchev–Trinajstić information content (AvgIpc) is 2.83. The molecular weight excluding hydrogens is 383 g/mol. The molecule has 1 amide bonds. The van der Waals surface area contributed by atoms with E-state index in [-0.39, 0.29) is 12.1 Å². The number of nitrogens with zero attached hydrogens (tertiary/aromatic N) is 2. The summed E-state index contributed by atoms with van der Waals surface area (Å²) in [5.41, 5.74) is -0.547. The Morgan fingerprint density at radius 2 is 1.60 bits per heavy atom. The lowest BCUT2D eigenvalue weighted by Gasteiger charge is -2.33. The van der Waals surface area contributed by atoms with E-state index in [4.69, 9.17) is 14.0 Å². The normalized spacial score (nSPS) is 25.6. The van der Waals surface area contributed by atoms with Gasteiger partial charge in [0.05, 0.1) is 17.2 Å². The van der Waals surface area contributed by atoms with Crippen LogP contribution in [0.2, 0.25) is 0 Å². The molecule has 1 aromatic rings. The van der Waals surface area contributed by atoms with Gasteiger partial charge in [-0.25, -0.2) is 14.8 Å². The summed E-state index contributed by atoms with van der Waals surface area (Å²) in [6.07, 6.45) is 7.06. The number of carbonyl (C=O) groups is 1. The fourth-order valence-corrected chi connectivity index (χ4v) is 3.61. The minimum absolute atomic E-state index is 0.0278. The van der Waals surface area contributed by atoms with Gasteiger partial charge in [-0.15, -0.1) is 0 Å². The molecule has 2 heterocycles. The monoisotopic (exact) mass is 418 g/mol. The molecule has 1 aliphatic heterocycles. The van der Waals surface area contributed by atoms with E-state index in [1.165, 1.54) is 0 Å². The molecule has 9 heteroatoms. The van der Waals surface area contributed by atoms with Crippen LogP contribution >= 0.6 is 0 Å². The van der Waals surface area contributed by atoms with Gasteiger partial charge < -0.3 is 24.7 Å². The first kappa shape index (κ1) is 22.8. The van der Waals surface area contributed by atoms with Crippen molar-refractivity contribution in [2.75, 3.05) is 5.32 Å². The van der Waals surface area contributed by atoms with Crippen LogP contribution in [0, 0.1) is 0 Å². The van der Waals surface area contributed by atoms with Crippen LogP contribution in [0.15, 0.2) is 12.4 Å². The number of alkyl carbamates (subject to hydrolysis) is 1. The molecule has 166 valence electrons. The zero-order valence-corrected chi connectivity index (χ0v) is 19.2. The molecule has 2 N–H and O–H groups in total. The van der Waals surface area contributed by atoms with Crippen LogP contribution in [0.4, 0.5) is 10.7 Å². The van der Waals surface area contributed by atoms with Crippen molar-refractivity contribution in [2.45, 2.75) is 103 Å². The standard InChI is InChI=1S/C21H35BN4O4/c1-19(2,3)28-18(27)26-16-11-9-8-10-15(16)25-17-23-12-14(13-24-17)22-29-20(4,5)21(6,7)30-22/h12-13,15-16H,8-11H2,1-7H3,(H,26,27)(H,23,24,25)/t15-,16+/m0/s1. The SMILES string of the molecule is CC(C)(C)OC(=O)N[C@@H]1CCCC[C@@H]1Nc1ncc(B2OC(C)(C)C(C)(C)O2)cn1. The number of ether oxygens (including phenoxy) is 1. The Bertz CT molecular complexity index is 732. The highest BCUT2D eigenvalue weighted by Crippen LogP contribution is 2.36. The van der Waals surface area contributed by atoms with E-state index in [9.17, 15) is 4.79 Å². The number of anilines is 1. The van der Waals surface area contributed by atoms with E-state index in [2.05, 4.69) is 20.6 Å². The molecule has 0 spiro atoms. The minimum Gasteiger partial charge on any atom is -0.444 e. The van der Waals surface area contributed by atoms with E-state index >= 15 is 0 Å². The maximum atomic E-state index is 12.2. The highest BCUT2D eigenvalue weighted by atomic mass is 16.7. The first-order valence-corrected chi connectivity index (χ1v) is 10.8. The third kappa shape index (κ3) is 5.43. The number of aromatic nitrogens is 2. The third-order valence-corrected chi connectivity index (χ3v) is 5.98. The summed E-state index contributed by atoms with van der Waals surface area (Å²) in [6.45, 7) is 13.7. The first-order valence-electron chi connectivity index (χ1n) is 10.8. The molecule has 3 rings (SSSR count). The van der Waals surface area contributed by atoms with Gasteiger partial charge in [-0.3, -0.25) is 0 Å². The van der Waals surface area contributed by atoms with Gasteiger partial charge in [0.15, 0.2) is 0 Å².